The molecule has 0 aliphatic rings. The summed E-state index contributed by atoms with van der Waals surface area (Å²) in [4.78, 5) is -9.63. The Morgan fingerprint density at radius 1 is 0.537 bits per heavy atom. The van der Waals surface area contributed by atoms with Gasteiger partial charge in [-0.1, -0.05) is 36.4 Å². The van der Waals surface area contributed by atoms with E-state index in [-0.39, 0.29) is 15.9 Å². The Labute approximate surface area is 229 Å². The van der Waals surface area contributed by atoms with Gasteiger partial charge in [0.1, 0.15) is 14.7 Å². The molecular formula is C22H14F9O6S4+. The number of rotatable bonds is 6. The van der Waals surface area contributed by atoms with E-state index in [2.05, 4.69) is 0 Å². The molecule has 41 heavy (non-hydrogen) atoms. The molecule has 0 amide bonds. The van der Waals surface area contributed by atoms with Crippen LogP contribution in [0, 0.1) is 6.92 Å². The summed E-state index contributed by atoms with van der Waals surface area (Å²) >= 11 is 0. The van der Waals surface area contributed by atoms with Gasteiger partial charge in [0.05, 0.1) is 10.9 Å². The lowest BCUT2D eigenvalue weighted by Gasteiger charge is -2.22. The van der Waals surface area contributed by atoms with Gasteiger partial charge in [-0.25, -0.2) is 25.3 Å². The molecule has 0 radical (unpaired) electrons. The minimum Gasteiger partial charge on any atom is -0.214 e. The predicted molar refractivity (Wildman–Crippen MR) is 126 cm³/mol. The molecule has 0 spiro atoms. The molecule has 0 unspecified atom stereocenters. The minimum atomic E-state index is -7.47. The van der Waals surface area contributed by atoms with Crippen molar-refractivity contribution >= 4 is 40.4 Å². The predicted octanol–water partition coefficient (Wildman–Crippen LogP) is 5.97. The third kappa shape index (κ3) is 5.68. The zero-order valence-electron chi connectivity index (χ0n) is 19.8. The average Bonchev–Trinajstić information content (AvgIpc) is 2.83. The summed E-state index contributed by atoms with van der Waals surface area (Å²) in [6.45, 7) is 0.444. The van der Waals surface area contributed by atoms with E-state index in [0.717, 1.165) is 0 Å². The van der Waals surface area contributed by atoms with Crippen molar-refractivity contribution < 1.29 is 64.8 Å². The smallest absolute Gasteiger partial charge is 0.214 e. The van der Waals surface area contributed by atoms with E-state index < -0.39 is 82.1 Å². The van der Waals surface area contributed by atoms with Gasteiger partial charge in [0.2, 0.25) is 0 Å². The largest absolute Gasteiger partial charge is 0.502 e. The Hall–Kier alpha value is -2.77. The van der Waals surface area contributed by atoms with Crippen molar-refractivity contribution in [1.82, 2.24) is 0 Å². The summed E-state index contributed by atoms with van der Waals surface area (Å²) < 4.78 is 198. The SMILES string of the molecule is Cc1c([S+](c2ccccc2)c2ccccc2)cc(S(=O)(=O)C(F)(F)F)c(S(=O)(=O)C(F)(F)F)c1S(=O)(=O)C(F)(F)F. The van der Waals surface area contributed by atoms with Crippen LogP contribution in [0.5, 0.6) is 0 Å². The van der Waals surface area contributed by atoms with Crippen LogP contribution in [-0.4, -0.2) is 41.8 Å². The molecule has 0 fully saturated rings. The Bertz CT molecular complexity index is 1740. The zero-order chi connectivity index (χ0) is 31.4. The van der Waals surface area contributed by atoms with Gasteiger partial charge in [0.25, 0.3) is 29.5 Å². The van der Waals surface area contributed by atoms with E-state index in [0.29, 0.717) is 6.92 Å². The Morgan fingerprint density at radius 2 is 0.878 bits per heavy atom. The van der Waals surface area contributed by atoms with Gasteiger partial charge >= 0.3 is 16.5 Å². The first-order valence-corrected chi connectivity index (χ1v) is 16.1. The number of benzene rings is 3. The summed E-state index contributed by atoms with van der Waals surface area (Å²) in [5, 5.41) is 0. The zero-order valence-corrected chi connectivity index (χ0v) is 23.1. The second kappa shape index (κ2) is 10.5. The van der Waals surface area contributed by atoms with Crippen LogP contribution in [0.25, 0.3) is 0 Å². The molecule has 3 rings (SSSR count). The van der Waals surface area contributed by atoms with E-state index in [1.807, 2.05) is 0 Å². The van der Waals surface area contributed by atoms with E-state index in [9.17, 15) is 64.8 Å². The van der Waals surface area contributed by atoms with Crippen LogP contribution in [0.2, 0.25) is 0 Å². The molecule has 3 aromatic rings. The second-order valence-electron chi connectivity index (χ2n) is 7.94. The summed E-state index contributed by atoms with van der Waals surface area (Å²) in [6, 6.07) is 13.3. The molecule has 0 saturated carbocycles. The molecular weight excluding hydrogens is 659 g/mol. The molecule has 19 heteroatoms. The number of hydrogen-bond donors (Lipinski definition) is 0. The summed E-state index contributed by atoms with van der Waals surface area (Å²) in [5.74, 6) is 0. The Balaban J connectivity index is 2.78. The molecule has 0 heterocycles. The maximum Gasteiger partial charge on any atom is 0.502 e. The van der Waals surface area contributed by atoms with Gasteiger partial charge < -0.3 is 0 Å². The summed E-state index contributed by atoms with van der Waals surface area (Å²) in [6.07, 6.45) is 0. The van der Waals surface area contributed by atoms with E-state index in [1.54, 1.807) is 0 Å². The minimum absolute atomic E-state index is 0.0546. The number of alkyl halides is 9. The number of halogens is 9. The molecule has 224 valence electrons. The molecule has 0 saturated heterocycles. The Morgan fingerprint density at radius 3 is 1.22 bits per heavy atom. The van der Waals surface area contributed by atoms with Crippen LogP contribution in [0.15, 0.2) is 96.1 Å². The van der Waals surface area contributed by atoms with Crippen molar-refractivity contribution in [2.45, 2.75) is 52.8 Å². The van der Waals surface area contributed by atoms with Gasteiger partial charge in [0, 0.05) is 11.6 Å². The van der Waals surface area contributed by atoms with Crippen molar-refractivity contribution in [2.24, 2.45) is 0 Å². The first-order chi connectivity index (χ1) is 18.5. The van der Waals surface area contributed by atoms with E-state index in [1.165, 1.54) is 60.7 Å². The lowest BCUT2D eigenvalue weighted by atomic mass is 10.2. The quantitative estimate of drug-likeness (QED) is 0.236. The van der Waals surface area contributed by atoms with Crippen molar-refractivity contribution in [3.05, 3.63) is 72.3 Å². The molecule has 0 N–H and O–H groups in total. The van der Waals surface area contributed by atoms with Crippen LogP contribution in [0.1, 0.15) is 5.56 Å². The maximum atomic E-state index is 13.8. The summed E-state index contributed by atoms with van der Waals surface area (Å²) in [7, 11) is -23.9. The first-order valence-electron chi connectivity index (χ1n) is 10.4. The van der Waals surface area contributed by atoms with E-state index >= 15 is 0 Å². The fourth-order valence-electron chi connectivity index (χ4n) is 3.54. The highest BCUT2D eigenvalue weighted by Crippen LogP contribution is 2.48. The van der Waals surface area contributed by atoms with Crippen LogP contribution < -0.4 is 0 Å². The lowest BCUT2D eigenvalue weighted by Crippen LogP contribution is -2.34. The van der Waals surface area contributed by atoms with Crippen molar-refractivity contribution in [2.75, 3.05) is 0 Å². The highest BCUT2D eigenvalue weighted by Gasteiger charge is 2.60. The normalized spacial score (nSPS) is 13.9. The van der Waals surface area contributed by atoms with Gasteiger partial charge in [-0.2, -0.15) is 39.5 Å². The molecule has 0 bridgehead atoms. The third-order valence-corrected chi connectivity index (χ3v) is 12.7. The van der Waals surface area contributed by atoms with Crippen LogP contribution in [-0.2, 0) is 40.4 Å². The maximum absolute atomic E-state index is 13.8. The molecule has 0 aliphatic carbocycles. The first kappa shape index (κ1) is 32.7. The molecule has 0 atom stereocenters. The standard InChI is InChI=1S/C22H14F9O6S4/c1-13-16(38(14-8-4-2-5-9-14)15-10-6-3-7-11-15)12-17(39(32,33)20(23,24)25)19(41(36,37)22(29,30)31)18(13)40(34,35)21(26,27)28/h2-12H,1H3/q+1. The van der Waals surface area contributed by atoms with Crippen LogP contribution >= 0.6 is 0 Å². The lowest BCUT2D eigenvalue weighted by molar-refractivity contribution is -0.0466. The van der Waals surface area contributed by atoms with Crippen LogP contribution in [0.3, 0.4) is 0 Å². The van der Waals surface area contributed by atoms with Gasteiger partial charge in [-0.15, -0.1) is 0 Å². The Kier molecular flexibility index (Phi) is 8.38. The van der Waals surface area contributed by atoms with Crippen molar-refractivity contribution in [3.8, 4) is 0 Å². The molecule has 0 aromatic heterocycles. The molecule has 0 aliphatic heterocycles. The van der Waals surface area contributed by atoms with Crippen molar-refractivity contribution in [1.29, 1.82) is 0 Å². The van der Waals surface area contributed by atoms with Gasteiger partial charge in [-0.05, 0) is 31.2 Å². The molecule has 3 aromatic carbocycles. The van der Waals surface area contributed by atoms with Crippen molar-refractivity contribution in [3.63, 3.8) is 0 Å². The van der Waals surface area contributed by atoms with Crippen LogP contribution in [0.4, 0.5) is 39.5 Å². The average molecular weight is 674 g/mol. The monoisotopic (exact) mass is 673 g/mol. The topological polar surface area (TPSA) is 102 Å². The van der Waals surface area contributed by atoms with Gasteiger partial charge in [0.15, 0.2) is 14.7 Å². The third-order valence-electron chi connectivity index (χ3n) is 5.32. The molecule has 6 nitrogen and oxygen atoms in total. The highest BCUT2D eigenvalue weighted by atomic mass is 32.2. The second-order valence-corrected chi connectivity index (χ2v) is 15.6. The van der Waals surface area contributed by atoms with Gasteiger partial charge in [-0.3, -0.25) is 0 Å². The fourth-order valence-corrected chi connectivity index (χ4v) is 10.3. The number of hydrogen-bond acceptors (Lipinski definition) is 6. The number of sulfone groups is 3. The van der Waals surface area contributed by atoms with E-state index in [4.69, 9.17) is 0 Å². The highest BCUT2D eigenvalue weighted by molar-refractivity contribution is 7.98. The fraction of sp³-hybridized carbons (Fsp3) is 0.182. The summed E-state index contributed by atoms with van der Waals surface area (Å²) in [5.41, 5.74) is -21.2.